The fourth-order valence-electron chi connectivity index (χ4n) is 8.85. The molecular weight excluding hydrogens is 625 g/mol. The molecule has 0 bridgehead atoms. The van der Waals surface area contributed by atoms with Crippen LogP contribution in [0, 0.1) is 5.92 Å². The first-order valence-corrected chi connectivity index (χ1v) is 25.8. The third-order valence-corrected chi connectivity index (χ3v) is 12.6. The van der Waals surface area contributed by atoms with E-state index in [9.17, 15) is 0 Å². The first kappa shape index (κ1) is 52.0. The van der Waals surface area contributed by atoms with E-state index in [-0.39, 0.29) is 0 Å². The van der Waals surface area contributed by atoms with E-state index in [1.165, 1.54) is 308 Å². The lowest BCUT2D eigenvalue weighted by Crippen LogP contribution is -2.01. The summed E-state index contributed by atoms with van der Waals surface area (Å²) in [5.74, 6) is 1.03. The highest BCUT2D eigenvalue weighted by Crippen LogP contribution is 2.25. The van der Waals surface area contributed by atoms with Crippen molar-refractivity contribution in [1.82, 2.24) is 0 Å². The molecule has 0 aromatic carbocycles. The maximum atomic E-state index is 2.37. The van der Waals surface area contributed by atoms with Crippen LogP contribution in [0.25, 0.3) is 0 Å². The fourth-order valence-corrected chi connectivity index (χ4v) is 8.85. The summed E-state index contributed by atoms with van der Waals surface area (Å²) >= 11 is 0. The summed E-state index contributed by atoms with van der Waals surface area (Å²) in [5, 5.41) is 0. The van der Waals surface area contributed by atoms with E-state index in [0.717, 1.165) is 5.92 Å². The predicted octanol–water partition coefficient (Wildman–Crippen LogP) is 20.4. The molecule has 0 aromatic rings. The van der Waals surface area contributed by atoms with E-state index < -0.39 is 0 Å². The van der Waals surface area contributed by atoms with E-state index in [0.29, 0.717) is 0 Å². The molecule has 0 rings (SSSR count). The summed E-state index contributed by atoms with van der Waals surface area (Å²) in [4.78, 5) is 0. The van der Waals surface area contributed by atoms with Crippen molar-refractivity contribution in [2.75, 3.05) is 0 Å². The van der Waals surface area contributed by atoms with Crippen molar-refractivity contribution in [3.8, 4) is 0 Å². The number of rotatable bonds is 48. The Morgan fingerprint density at radius 3 is 0.442 bits per heavy atom. The third kappa shape index (κ3) is 46.2. The molecule has 0 spiro atoms. The minimum atomic E-state index is 1.03. The Labute approximate surface area is 333 Å². The fraction of sp³-hybridized carbons (Fsp3) is 1.00. The van der Waals surface area contributed by atoms with Crippen molar-refractivity contribution in [1.29, 1.82) is 0 Å². The molecule has 0 saturated carbocycles. The Morgan fingerprint density at radius 2 is 0.269 bits per heavy atom. The monoisotopic (exact) mass is 731 g/mol. The summed E-state index contributed by atoms with van der Waals surface area (Å²) in [6.07, 6.45) is 71.3. The van der Waals surface area contributed by atoms with E-state index in [1.54, 1.807) is 0 Å². The van der Waals surface area contributed by atoms with Gasteiger partial charge >= 0.3 is 0 Å². The second kappa shape index (κ2) is 49.0. The average Bonchev–Trinajstić information content (AvgIpc) is 3.15. The number of unbranched alkanes of at least 4 members (excludes halogenated alkanes) is 42. The van der Waals surface area contributed by atoms with Gasteiger partial charge in [-0.2, -0.15) is 0 Å². The van der Waals surface area contributed by atoms with Gasteiger partial charge in [0, 0.05) is 0 Å². The second-order valence-corrected chi connectivity index (χ2v) is 18.1. The van der Waals surface area contributed by atoms with Crippen molar-refractivity contribution >= 4 is 0 Å². The summed E-state index contributed by atoms with van der Waals surface area (Å²) < 4.78 is 0. The highest BCUT2D eigenvalue weighted by atomic mass is 14.1. The minimum Gasteiger partial charge on any atom is -0.0654 e. The zero-order chi connectivity index (χ0) is 37.5. The van der Waals surface area contributed by atoms with Crippen LogP contribution < -0.4 is 0 Å². The molecule has 314 valence electrons. The topological polar surface area (TPSA) is 0 Å². The molecule has 0 heteroatoms. The molecule has 52 heavy (non-hydrogen) atoms. The highest BCUT2D eigenvalue weighted by molar-refractivity contribution is 4.62. The molecule has 0 aliphatic heterocycles. The zero-order valence-electron chi connectivity index (χ0n) is 37.5. The smallest absolute Gasteiger partial charge is 0.0414 e. The average molecular weight is 731 g/mol. The van der Waals surface area contributed by atoms with Crippen LogP contribution in [0.3, 0.4) is 0 Å². The van der Waals surface area contributed by atoms with Crippen molar-refractivity contribution in [2.24, 2.45) is 5.92 Å². The van der Waals surface area contributed by atoms with Gasteiger partial charge in [-0.25, -0.2) is 0 Å². The van der Waals surface area contributed by atoms with Crippen LogP contribution in [-0.4, -0.2) is 0 Å². The Hall–Kier alpha value is 0. The van der Waals surface area contributed by atoms with Crippen molar-refractivity contribution in [3.63, 3.8) is 0 Å². The summed E-state index contributed by atoms with van der Waals surface area (Å²) in [6.45, 7) is 7.00. The van der Waals surface area contributed by atoms with Gasteiger partial charge in [0.1, 0.15) is 0 Å². The lowest BCUT2D eigenvalue weighted by molar-refractivity contribution is 0.367. The molecule has 0 aromatic heterocycles. The van der Waals surface area contributed by atoms with E-state index in [2.05, 4.69) is 20.8 Å². The third-order valence-electron chi connectivity index (χ3n) is 12.6. The quantitative estimate of drug-likeness (QED) is 0.0547. The molecule has 0 radical (unpaired) electrons. The Kier molecular flexibility index (Phi) is 49.0. The normalized spacial score (nSPS) is 12.3. The minimum absolute atomic E-state index is 1.03. The van der Waals surface area contributed by atoms with E-state index >= 15 is 0 Å². The molecule has 0 aliphatic carbocycles. The standard InChI is InChI=1S/C52H106/c1-4-7-10-12-14-16-18-20-22-24-26-28-29-31-33-35-37-39-41-43-45-48-51-52(49-46-9-6-3)50-47-44-42-40-38-36-34-32-30-27-25-23-21-19-17-15-13-11-8-5-2/h52H,4-51H2,1-3H3. The molecule has 0 amide bonds. The van der Waals surface area contributed by atoms with Gasteiger partial charge in [-0.1, -0.05) is 329 Å². The molecule has 0 heterocycles. The van der Waals surface area contributed by atoms with E-state index in [1.807, 2.05) is 0 Å². The van der Waals surface area contributed by atoms with Gasteiger partial charge in [-0.3, -0.25) is 0 Å². The SMILES string of the molecule is CCCCCCCCCCCCCCCCCCCCCCCCC(CCCCC)CCCCCCCCCCCCCCCCCCCCCC. The van der Waals surface area contributed by atoms with Gasteiger partial charge < -0.3 is 0 Å². The van der Waals surface area contributed by atoms with Crippen LogP contribution in [-0.2, 0) is 0 Å². The van der Waals surface area contributed by atoms with Crippen molar-refractivity contribution < 1.29 is 0 Å². The molecule has 1 atom stereocenters. The van der Waals surface area contributed by atoms with Crippen LogP contribution in [0.15, 0.2) is 0 Å². The zero-order valence-corrected chi connectivity index (χ0v) is 37.5. The molecule has 0 saturated heterocycles. The van der Waals surface area contributed by atoms with Gasteiger partial charge in [-0.05, 0) is 5.92 Å². The maximum Gasteiger partial charge on any atom is -0.0414 e. The highest BCUT2D eigenvalue weighted by Gasteiger charge is 2.08. The number of hydrogen-bond acceptors (Lipinski definition) is 0. The summed E-state index contributed by atoms with van der Waals surface area (Å²) in [7, 11) is 0. The molecule has 0 N–H and O–H groups in total. The van der Waals surface area contributed by atoms with Crippen LogP contribution in [0.2, 0.25) is 0 Å². The lowest BCUT2D eigenvalue weighted by Gasteiger charge is -2.17. The van der Waals surface area contributed by atoms with Gasteiger partial charge in [0.05, 0.1) is 0 Å². The largest absolute Gasteiger partial charge is 0.0654 e. The number of hydrogen-bond donors (Lipinski definition) is 0. The Morgan fingerprint density at radius 1 is 0.154 bits per heavy atom. The van der Waals surface area contributed by atoms with Gasteiger partial charge in [0.2, 0.25) is 0 Å². The van der Waals surface area contributed by atoms with Crippen LogP contribution in [0.5, 0.6) is 0 Å². The molecule has 1 unspecified atom stereocenters. The van der Waals surface area contributed by atoms with Crippen LogP contribution in [0.4, 0.5) is 0 Å². The maximum absolute atomic E-state index is 2.37. The van der Waals surface area contributed by atoms with Crippen LogP contribution >= 0.6 is 0 Å². The van der Waals surface area contributed by atoms with Crippen molar-refractivity contribution in [3.05, 3.63) is 0 Å². The first-order valence-electron chi connectivity index (χ1n) is 25.8. The van der Waals surface area contributed by atoms with Gasteiger partial charge in [-0.15, -0.1) is 0 Å². The Bertz CT molecular complexity index is 579. The summed E-state index contributed by atoms with van der Waals surface area (Å²) in [5.41, 5.74) is 0. The molecule has 0 fully saturated rings. The lowest BCUT2D eigenvalue weighted by atomic mass is 9.89. The second-order valence-electron chi connectivity index (χ2n) is 18.1. The molecule has 0 nitrogen and oxygen atoms in total. The molecule has 0 aliphatic rings. The van der Waals surface area contributed by atoms with Crippen LogP contribution in [0.1, 0.15) is 329 Å². The first-order chi connectivity index (χ1) is 25.8. The molecular formula is C52H106. The summed E-state index contributed by atoms with van der Waals surface area (Å²) in [6, 6.07) is 0. The predicted molar refractivity (Wildman–Crippen MR) is 242 cm³/mol. The van der Waals surface area contributed by atoms with Gasteiger partial charge in [0.15, 0.2) is 0 Å². The Balaban J connectivity index is 3.47. The van der Waals surface area contributed by atoms with E-state index in [4.69, 9.17) is 0 Å². The van der Waals surface area contributed by atoms with Crippen molar-refractivity contribution in [2.45, 2.75) is 329 Å². The van der Waals surface area contributed by atoms with Gasteiger partial charge in [0.25, 0.3) is 0 Å².